The lowest BCUT2D eigenvalue weighted by Crippen LogP contribution is -2.20. The van der Waals surface area contributed by atoms with Crippen molar-refractivity contribution in [2.24, 2.45) is 0 Å². The zero-order valence-electron chi connectivity index (χ0n) is 17.0. The highest BCUT2D eigenvalue weighted by atomic mass is 32.1. The molecule has 8 heteroatoms. The Morgan fingerprint density at radius 3 is 2.77 bits per heavy atom. The fourth-order valence-corrected chi connectivity index (χ4v) is 5.20. The summed E-state index contributed by atoms with van der Waals surface area (Å²) in [6, 6.07) is 8.39. The molecule has 0 bridgehead atoms. The van der Waals surface area contributed by atoms with Gasteiger partial charge in [-0.25, -0.2) is 4.79 Å². The number of nitrogens with zero attached hydrogens (tertiary/aromatic N) is 2. The van der Waals surface area contributed by atoms with Crippen molar-refractivity contribution >= 4 is 45.3 Å². The second kappa shape index (κ2) is 8.97. The number of rotatable bonds is 5. The minimum absolute atomic E-state index is 0.314. The van der Waals surface area contributed by atoms with Crippen LogP contribution in [0.5, 0.6) is 0 Å². The second-order valence-corrected chi connectivity index (χ2v) is 8.91. The number of aryl methyl sites for hydroxylation is 2. The summed E-state index contributed by atoms with van der Waals surface area (Å²) in [5.41, 5.74) is 4.94. The van der Waals surface area contributed by atoms with Crippen LogP contribution in [0.25, 0.3) is 0 Å². The van der Waals surface area contributed by atoms with Gasteiger partial charge in [0.2, 0.25) is 0 Å². The van der Waals surface area contributed by atoms with Gasteiger partial charge in [-0.2, -0.15) is 5.10 Å². The fourth-order valence-electron chi connectivity index (χ4n) is 3.63. The van der Waals surface area contributed by atoms with Crippen LogP contribution < -0.4 is 10.6 Å². The molecule has 1 aliphatic rings. The summed E-state index contributed by atoms with van der Waals surface area (Å²) >= 11 is 7.08. The summed E-state index contributed by atoms with van der Waals surface area (Å²) in [4.78, 5) is 13.6. The van der Waals surface area contributed by atoms with E-state index in [0.29, 0.717) is 17.2 Å². The van der Waals surface area contributed by atoms with Crippen molar-refractivity contribution in [1.82, 2.24) is 9.78 Å². The van der Waals surface area contributed by atoms with Crippen LogP contribution in [0.3, 0.4) is 0 Å². The highest BCUT2D eigenvalue weighted by Crippen LogP contribution is 2.38. The Balaban J connectivity index is 1.44. The summed E-state index contributed by atoms with van der Waals surface area (Å²) < 4.78 is 6.88. The number of esters is 1. The average molecular weight is 441 g/mol. The number of aromatic nitrogens is 2. The van der Waals surface area contributed by atoms with E-state index in [2.05, 4.69) is 46.9 Å². The van der Waals surface area contributed by atoms with Gasteiger partial charge in [0.1, 0.15) is 5.00 Å². The van der Waals surface area contributed by atoms with E-state index in [9.17, 15) is 4.79 Å². The number of hydrogen-bond acceptors (Lipinski definition) is 5. The fraction of sp³-hybridized carbons (Fsp3) is 0.318. The Kier molecular flexibility index (Phi) is 6.15. The molecular weight excluding hydrogens is 416 g/mol. The van der Waals surface area contributed by atoms with Gasteiger partial charge in [-0.05, 0) is 56.0 Å². The molecule has 1 aliphatic carbocycles. The van der Waals surface area contributed by atoms with Crippen LogP contribution in [0.1, 0.15) is 44.8 Å². The summed E-state index contributed by atoms with van der Waals surface area (Å²) in [7, 11) is 1.41. The first-order valence-electron chi connectivity index (χ1n) is 9.92. The topological polar surface area (TPSA) is 68.2 Å². The summed E-state index contributed by atoms with van der Waals surface area (Å²) in [6.45, 7) is 2.76. The number of hydrogen-bond donors (Lipinski definition) is 2. The molecule has 3 aromatic rings. The lowest BCUT2D eigenvalue weighted by Gasteiger charge is -2.12. The molecule has 6 nitrogen and oxygen atoms in total. The molecule has 0 aliphatic heterocycles. The van der Waals surface area contributed by atoms with Crippen molar-refractivity contribution in [2.75, 3.05) is 17.7 Å². The van der Waals surface area contributed by atoms with E-state index in [-0.39, 0.29) is 5.97 Å². The predicted octanol–water partition coefficient (Wildman–Crippen LogP) is 4.78. The number of carbonyl (C=O) groups excluding carboxylic acids is 1. The van der Waals surface area contributed by atoms with E-state index >= 15 is 0 Å². The van der Waals surface area contributed by atoms with Crippen LogP contribution in [-0.4, -0.2) is 28.0 Å². The van der Waals surface area contributed by atoms with Crippen molar-refractivity contribution in [3.05, 3.63) is 63.8 Å². The highest BCUT2D eigenvalue weighted by molar-refractivity contribution is 7.80. The Hall–Kier alpha value is -2.71. The minimum Gasteiger partial charge on any atom is -0.465 e. The van der Waals surface area contributed by atoms with Gasteiger partial charge in [0.15, 0.2) is 5.11 Å². The van der Waals surface area contributed by atoms with Crippen molar-refractivity contribution < 1.29 is 9.53 Å². The van der Waals surface area contributed by atoms with Gasteiger partial charge in [0.05, 0.1) is 31.1 Å². The van der Waals surface area contributed by atoms with Crippen LogP contribution in [0.2, 0.25) is 0 Å². The molecule has 0 fully saturated rings. The van der Waals surface area contributed by atoms with Gasteiger partial charge in [-0.15, -0.1) is 11.3 Å². The second-order valence-electron chi connectivity index (χ2n) is 7.40. The van der Waals surface area contributed by atoms with Gasteiger partial charge in [-0.3, -0.25) is 4.68 Å². The van der Waals surface area contributed by atoms with E-state index in [1.54, 1.807) is 17.5 Å². The molecule has 0 radical (unpaired) electrons. The Morgan fingerprint density at radius 2 is 2.00 bits per heavy atom. The van der Waals surface area contributed by atoms with Crippen LogP contribution in [0.15, 0.2) is 36.7 Å². The molecule has 2 aromatic heterocycles. The largest absolute Gasteiger partial charge is 0.465 e. The van der Waals surface area contributed by atoms with Crippen LogP contribution in [0, 0.1) is 6.92 Å². The van der Waals surface area contributed by atoms with Crippen molar-refractivity contribution in [3.63, 3.8) is 0 Å². The van der Waals surface area contributed by atoms with Crippen molar-refractivity contribution in [3.8, 4) is 0 Å². The normalized spacial score (nSPS) is 12.9. The molecule has 0 spiro atoms. The third-order valence-corrected chi connectivity index (χ3v) is 6.56. The predicted molar refractivity (Wildman–Crippen MR) is 125 cm³/mol. The van der Waals surface area contributed by atoms with E-state index in [0.717, 1.165) is 41.9 Å². The van der Waals surface area contributed by atoms with Crippen LogP contribution in [0.4, 0.5) is 10.7 Å². The first-order chi connectivity index (χ1) is 14.5. The molecule has 1 aromatic carbocycles. The number of thiophene rings is 1. The maximum absolute atomic E-state index is 12.4. The third kappa shape index (κ3) is 4.55. The number of benzene rings is 1. The SMILES string of the molecule is COC(=O)c1c(NC(=S)Nc2cnn(Cc3ccc(C)cc3)c2)sc2c1CCCC2. The monoisotopic (exact) mass is 440 g/mol. The molecule has 156 valence electrons. The number of thiocarbonyl (C=S) groups is 1. The van der Waals surface area contributed by atoms with Gasteiger partial charge in [-0.1, -0.05) is 29.8 Å². The summed E-state index contributed by atoms with van der Waals surface area (Å²) in [5, 5.41) is 11.9. The third-order valence-electron chi connectivity index (χ3n) is 5.14. The zero-order valence-corrected chi connectivity index (χ0v) is 18.7. The quantitative estimate of drug-likeness (QED) is 0.440. The lowest BCUT2D eigenvalue weighted by atomic mass is 9.95. The number of nitrogens with one attached hydrogen (secondary N) is 2. The summed E-state index contributed by atoms with van der Waals surface area (Å²) in [6.07, 6.45) is 7.80. The Bertz CT molecular complexity index is 1070. The smallest absolute Gasteiger partial charge is 0.341 e. The molecular formula is C22H24N4O2S2. The zero-order chi connectivity index (χ0) is 21.1. The Labute approximate surface area is 185 Å². The van der Waals surface area contributed by atoms with E-state index < -0.39 is 0 Å². The lowest BCUT2D eigenvalue weighted by molar-refractivity contribution is 0.0601. The van der Waals surface area contributed by atoms with E-state index in [1.165, 1.54) is 23.1 Å². The first kappa shape index (κ1) is 20.6. The van der Waals surface area contributed by atoms with Crippen molar-refractivity contribution in [1.29, 1.82) is 0 Å². The van der Waals surface area contributed by atoms with E-state index in [1.807, 2.05) is 10.9 Å². The average Bonchev–Trinajstić information content (AvgIpc) is 3.32. The number of ether oxygens (including phenoxy) is 1. The van der Waals surface area contributed by atoms with Crippen LogP contribution >= 0.6 is 23.6 Å². The number of anilines is 2. The standard InChI is InChI=1S/C22H24N4O2S2/c1-14-7-9-15(10-8-14)12-26-13-16(11-23-26)24-22(29)25-20-19(21(27)28-2)17-5-3-4-6-18(17)30-20/h7-11,13H,3-6,12H2,1-2H3,(H2,24,25,29). The molecule has 0 unspecified atom stereocenters. The maximum Gasteiger partial charge on any atom is 0.341 e. The first-order valence-corrected chi connectivity index (χ1v) is 11.1. The molecule has 2 N–H and O–H groups in total. The molecule has 4 rings (SSSR count). The van der Waals surface area contributed by atoms with Crippen LogP contribution in [-0.2, 0) is 24.1 Å². The molecule has 0 atom stereocenters. The summed E-state index contributed by atoms with van der Waals surface area (Å²) in [5.74, 6) is -0.314. The number of fused-ring (bicyclic) bond motifs is 1. The van der Waals surface area contributed by atoms with Gasteiger partial charge < -0.3 is 15.4 Å². The maximum atomic E-state index is 12.4. The molecule has 0 saturated heterocycles. The number of carbonyl (C=O) groups is 1. The number of methoxy groups -OCH3 is 1. The molecule has 0 saturated carbocycles. The van der Waals surface area contributed by atoms with E-state index in [4.69, 9.17) is 17.0 Å². The molecule has 30 heavy (non-hydrogen) atoms. The van der Waals surface area contributed by atoms with Gasteiger partial charge in [0.25, 0.3) is 0 Å². The highest BCUT2D eigenvalue weighted by Gasteiger charge is 2.26. The Morgan fingerprint density at radius 1 is 1.23 bits per heavy atom. The minimum atomic E-state index is -0.314. The molecule has 2 heterocycles. The molecule has 0 amide bonds. The van der Waals surface area contributed by atoms with Crippen molar-refractivity contribution in [2.45, 2.75) is 39.2 Å². The van der Waals surface area contributed by atoms with Gasteiger partial charge >= 0.3 is 5.97 Å². The van der Waals surface area contributed by atoms with Gasteiger partial charge in [0, 0.05) is 11.1 Å².